The summed E-state index contributed by atoms with van der Waals surface area (Å²) in [4.78, 5) is 24.7. The molecule has 3 rings (SSSR count). The first kappa shape index (κ1) is 22.7. The van der Waals surface area contributed by atoms with Crippen LogP contribution >= 0.6 is 0 Å². The maximum absolute atomic E-state index is 13.1. The number of nitrogens with one attached hydrogen (secondary N) is 1. The number of sulfonamides is 1. The molecule has 1 heterocycles. The van der Waals surface area contributed by atoms with Gasteiger partial charge < -0.3 is 15.2 Å². The van der Waals surface area contributed by atoms with E-state index in [9.17, 15) is 23.1 Å². The molecule has 1 saturated heterocycles. The third kappa shape index (κ3) is 5.19. The van der Waals surface area contributed by atoms with Crippen molar-refractivity contribution in [2.45, 2.75) is 75.5 Å². The van der Waals surface area contributed by atoms with Crippen LogP contribution in [-0.4, -0.2) is 61.0 Å². The molecule has 0 spiro atoms. The second kappa shape index (κ2) is 9.45. The van der Waals surface area contributed by atoms with E-state index in [0.29, 0.717) is 0 Å². The molecule has 1 aromatic rings. The molecule has 9 heteroatoms. The lowest BCUT2D eigenvalue weighted by Crippen LogP contribution is -2.43. The van der Waals surface area contributed by atoms with Gasteiger partial charge in [0.05, 0.1) is 11.0 Å². The Balaban J connectivity index is 1.65. The molecule has 0 radical (unpaired) electrons. The van der Waals surface area contributed by atoms with E-state index in [1.807, 2.05) is 13.8 Å². The van der Waals surface area contributed by atoms with E-state index in [1.165, 1.54) is 6.07 Å². The summed E-state index contributed by atoms with van der Waals surface area (Å²) in [6, 6.07) is 3.68. The van der Waals surface area contributed by atoms with Gasteiger partial charge in [-0.2, -0.15) is 4.31 Å². The molecule has 166 valence electrons. The number of benzene rings is 1. The lowest BCUT2D eigenvalue weighted by molar-refractivity contribution is -0.152. The summed E-state index contributed by atoms with van der Waals surface area (Å²) in [5.41, 5.74) is 1.77. The molecule has 8 nitrogen and oxygen atoms in total. The highest BCUT2D eigenvalue weighted by Crippen LogP contribution is 2.28. The van der Waals surface area contributed by atoms with Crippen LogP contribution in [0.1, 0.15) is 49.7 Å². The Hall–Kier alpha value is -1.97. The number of hydrogen-bond donors (Lipinski definition) is 2. The Morgan fingerprint density at radius 1 is 1.17 bits per heavy atom. The van der Waals surface area contributed by atoms with Crippen LogP contribution in [0.5, 0.6) is 0 Å². The van der Waals surface area contributed by atoms with Crippen molar-refractivity contribution in [1.29, 1.82) is 0 Å². The van der Waals surface area contributed by atoms with Crippen molar-refractivity contribution < 1.29 is 27.9 Å². The van der Waals surface area contributed by atoms with Crippen LogP contribution in [-0.2, 0) is 24.3 Å². The topological polar surface area (TPSA) is 113 Å². The van der Waals surface area contributed by atoms with Crippen LogP contribution in [0.4, 0.5) is 0 Å². The SMILES string of the molecule is Cc1ccc(S(=O)(=O)N2CC(O)CC2C(=O)OCC(=O)NC2CCCCC2)cc1C. The molecule has 30 heavy (non-hydrogen) atoms. The van der Waals surface area contributed by atoms with E-state index in [2.05, 4.69) is 5.32 Å². The number of nitrogens with zero attached hydrogens (tertiary/aromatic N) is 1. The second-order valence-corrected chi connectivity index (χ2v) is 10.1. The number of aryl methyl sites for hydroxylation is 2. The quantitative estimate of drug-likeness (QED) is 0.650. The standard InChI is InChI=1S/C21H30N2O6S/c1-14-8-9-18(10-15(14)2)30(27,28)23-12-17(24)11-19(23)21(26)29-13-20(25)22-16-6-4-3-5-7-16/h8-10,16-17,19,24H,3-7,11-13H2,1-2H3,(H,22,25). The minimum atomic E-state index is -3.99. The lowest BCUT2D eigenvalue weighted by Gasteiger charge is -2.24. The summed E-state index contributed by atoms with van der Waals surface area (Å²) in [5.74, 6) is -1.21. The fourth-order valence-electron chi connectivity index (χ4n) is 4.02. The largest absolute Gasteiger partial charge is 0.454 e. The van der Waals surface area contributed by atoms with Crippen molar-refractivity contribution in [1.82, 2.24) is 9.62 Å². The van der Waals surface area contributed by atoms with Gasteiger partial charge in [0, 0.05) is 19.0 Å². The highest BCUT2D eigenvalue weighted by Gasteiger charge is 2.44. The van der Waals surface area contributed by atoms with Crippen molar-refractivity contribution >= 4 is 21.9 Å². The molecule has 2 aliphatic rings. The van der Waals surface area contributed by atoms with Crippen molar-refractivity contribution in [2.75, 3.05) is 13.2 Å². The first-order valence-corrected chi connectivity index (χ1v) is 11.9. The summed E-state index contributed by atoms with van der Waals surface area (Å²) in [7, 11) is -3.99. The predicted molar refractivity (Wildman–Crippen MR) is 110 cm³/mol. The molecule has 1 amide bonds. The summed E-state index contributed by atoms with van der Waals surface area (Å²) < 4.78 is 32.3. The molecule has 1 aromatic carbocycles. The van der Waals surface area contributed by atoms with Gasteiger partial charge in [-0.25, -0.2) is 8.42 Å². The van der Waals surface area contributed by atoms with Gasteiger partial charge in [-0.3, -0.25) is 9.59 Å². The van der Waals surface area contributed by atoms with E-state index in [4.69, 9.17) is 4.74 Å². The number of β-amino-alcohol motifs (C(OH)–C–C–N with tert-alkyl or cyclic N) is 1. The van der Waals surface area contributed by atoms with Gasteiger partial charge in [-0.05, 0) is 49.9 Å². The number of amides is 1. The van der Waals surface area contributed by atoms with Crippen LogP contribution < -0.4 is 5.32 Å². The minimum absolute atomic E-state index is 0.0624. The Morgan fingerprint density at radius 3 is 2.53 bits per heavy atom. The van der Waals surface area contributed by atoms with E-state index in [0.717, 1.165) is 47.5 Å². The van der Waals surface area contributed by atoms with Crippen LogP contribution in [0.25, 0.3) is 0 Å². The number of hydrogen-bond acceptors (Lipinski definition) is 6. The van der Waals surface area contributed by atoms with E-state index in [-0.39, 0.29) is 23.9 Å². The van der Waals surface area contributed by atoms with Crippen LogP contribution in [0.15, 0.2) is 23.1 Å². The summed E-state index contributed by atoms with van der Waals surface area (Å²) in [6.45, 7) is 3.04. The molecular formula is C21H30N2O6S. The van der Waals surface area contributed by atoms with Crippen molar-refractivity contribution in [3.05, 3.63) is 29.3 Å². The molecule has 1 saturated carbocycles. The smallest absolute Gasteiger partial charge is 0.325 e. The van der Waals surface area contributed by atoms with Crippen molar-refractivity contribution in [3.63, 3.8) is 0 Å². The first-order valence-electron chi connectivity index (χ1n) is 10.4. The Kier molecular flexibility index (Phi) is 7.15. The van der Waals surface area contributed by atoms with Crippen molar-refractivity contribution in [3.8, 4) is 0 Å². The van der Waals surface area contributed by atoms with E-state index in [1.54, 1.807) is 12.1 Å². The zero-order valence-electron chi connectivity index (χ0n) is 17.5. The molecule has 1 aliphatic carbocycles. The van der Waals surface area contributed by atoms with Gasteiger partial charge >= 0.3 is 5.97 Å². The Labute approximate surface area is 177 Å². The maximum Gasteiger partial charge on any atom is 0.325 e. The molecule has 2 atom stereocenters. The minimum Gasteiger partial charge on any atom is -0.454 e. The average molecular weight is 439 g/mol. The number of carbonyl (C=O) groups excluding carboxylic acids is 2. The fraction of sp³-hybridized carbons (Fsp3) is 0.619. The van der Waals surface area contributed by atoms with E-state index < -0.39 is 40.7 Å². The molecule has 0 aromatic heterocycles. The number of aliphatic hydroxyl groups excluding tert-OH is 1. The number of rotatable bonds is 6. The van der Waals surface area contributed by atoms with Crippen molar-refractivity contribution in [2.24, 2.45) is 0 Å². The highest BCUT2D eigenvalue weighted by molar-refractivity contribution is 7.89. The Bertz CT molecular complexity index is 895. The number of esters is 1. The molecule has 2 fully saturated rings. The maximum atomic E-state index is 13.1. The van der Waals surface area contributed by atoms with Gasteiger partial charge in [0.2, 0.25) is 10.0 Å². The van der Waals surface area contributed by atoms with Gasteiger partial charge in [0.1, 0.15) is 6.04 Å². The normalized spacial score (nSPS) is 23.3. The third-order valence-corrected chi connectivity index (χ3v) is 7.78. The summed E-state index contributed by atoms with van der Waals surface area (Å²) in [5, 5.41) is 12.9. The van der Waals surface area contributed by atoms with E-state index >= 15 is 0 Å². The van der Waals surface area contributed by atoms with Gasteiger partial charge in [0.25, 0.3) is 5.91 Å². The van der Waals surface area contributed by atoms with Gasteiger partial charge in [-0.15, -0.1) is 0 Å². The average Bonchev–Trinajstić information content (AvgIpc) is 3.11. The summed E-state index contributed by atoms with van der Waals surface area (Å²) in [6.07, 6.45) is 4.09. The fourth-order valence-corrected chi connectivity index (χ4v) is 5.74. The lowest BCUT2D eigenvalue weighted by atomic mass is 9.95. The highest BCUT2D eigenvalue weighted by atomic mass is 32.2. The Morgan fingerprint density at radius 2 is 1.87 bits per heavy atom. The zero-order chi connectivity index (χ0) is 21.9. The summed E-state index contributed by atoms with van der Waals surface area (Å²) >= 11 is 0. The predicted octanol–water partition coefficient (Wildman–Crippen LogP) is 1.42. The monoisotopic (exact) mass is 438 g/mol. The third-order valence-electron chi connectivity index (χ3n) is 5.91. The number of aliphatic hydroxyl groups is 1. The van der Waals surface area contributed by atoms with Crippen LogP contribution in [0, 0.1) is 13.8 Å². The van der Waals surface area contributed by atoms with Crippen LogP contribution in [0.2, 0.25) is 0 Å². The first-order chi connectivity index (χ1) is 14.2. The molecule has 1 aliphatic heterocycles. The number of carbonyl (C=O) groups is 2. The number of ether oxygens (including phenoxy) is 1. The molecule has 2 unspecified atom stereocenters. The molecule has 2 N–H and O–H groups in total. The van der Waals surface area contributed by atoms with Crippen LogP contribution in [0.3, 0.4) is 0 Å². The van der Waals surface area contributed by atoms with Gasteiger partial charge in [0.15, 0.2) is 6.61 Å². The molecule has 0 bridgehead atoms. The zero-order valence-corrected chi connectivity index (χ0v) is 18.3. The second-order valence-electron chi connectivity index (χ2n) is 8.24. The molecular weight excluding hydrogens is 408 g/mol. The van der Waals surface area contributed by atoms with Gasteiger partial charge in [-0.1, -0.05) is 25.3 Å².